The van der Waals surface area contributed by atoms with Crippen molar-refractivity contribution in [1.29, 1.82) is 0 Å². The summed E-state index contributed by atoms with van der Waals surface area (Å²) in [6.07, 6.45) is 1.57. The molecule has 0 radical (unpaired) electrons. The van der Waals surface area contributed by atoms with Crippen molar-refractivity contribution in [3.05, 3.63) is 53.8 Å². The Labute approximate surface area is 143 Å². The molecule has 0 aromatic heterocycles. The van der Waals surface area contributed by atoms with Crippen molar-refractivity contribution >= 4 is 17.3 Å². The third kappa shape index (κ3) is 4.04. The standard InChI is InChI=1S/C18H17F3N2O2/c19-13-7-3-5-12-6-4-10-23(17(12)13)11-16(24)22-14-8-1-2-9-15(14)25-18(20)21/h1-3,5,7-9,18H,4,6,10-11H2,(H,22,24). The molecule has 0 spiro atoms. The van der Waals surface area contributed by atoms with Crippen LogP contribution in [-0.2, 0) is 11.2 Å². The van der Waals surface area contributed by atoms with Crippen molar-refractivity contribution in [2.24, 2.45) is 0 Å². The van der Waals surface area contributed by atoms with E-state index in [1.807, 2.05) is 6.07 Å². The molecule has 0 saturated carbocycles. The maximum absolute atomic E-state index is 14.1. The third-order valence-electron chi connectivity index (χ3n) is 3.97. The Hall–Kier alpha value is -2.70. The third-order valence-corrected chi connectivity index (χ3v) is 3.97. The molecule has 132 valence electrons. The first-order valence-corrected chi connectivity index (χ1v) is 7.90. The Morgan fingerprint density at radius 2 is 2.00 bits per heavy atom. The Kier molecular flexibility index (Phi) is 5.11. The fraction of sp³-hybridized carbons (Fsp3) is 0.278. The van der Waals surface area contributed by atoms with Gasteiger partial charge in [0.25, 0.3) is 0 Å². The summed E-state index contributed by atoms with van der Waals surface area (Å²) in [4.78, 5) is 14.0. The van der Waals surface area contributed by atoms with Gasteiger partial charge in [-0.15, -0.1) is 0 Å². The molecule has 0 unspecified atom stereocenters. The average Bonchev–Trinajstić information content (AvgIpc) is 2.56. The zero-order chi connectivity index (χ0) is 17.8. The van der Waals surface area contributed by atoms with E-state index in [-0.39, 0.29) is 23.8 Å². The summed E-state index contributed by atoms with van der Waals surface area (Å²) in [5.41, 5.74) is 1.44. The molecule has 1 aliphatic rings. The molecular weight excluding hydrogens is 333 g/mol. The van der Waals surface area contributed by atoms with Crippen molar-refractivity contribution in [3.8, 4) is 5.75 Å². The number of nitrogens with zero attached hydrogens (tertiary/aromatic N) is 1. The minimum atomic E-state index is -2.99. The molecular formula is C18H17F3N2O2. The SMILES string of the molecule is O=C(CN1CCCc2cccc(F)c21)Nc1ccccc1OC(F)F. The van der Waals surface area contributed by atoms with Crippen molar-refractivity contribution in [1.82, 2.24) is 0 Å². The molecule has 7 heteroatoms. The van der Waals surface area contributed by atoms with Crippen molar-refractivity contribution in [2.45, 2.75) is 19.5 Å². The lowest BCUT2D eigenvalue weighted by Crippen LogP contribution is -2.37. The molecule has 1 amide bonds. The molecule has 2 aromatic carbocycles. The van der Waals surface area contributed by atoms with E-state index in [0.29, 0.717) is 12.2 Å². The van der Waals surface area contributed by atoms with Gasteiger partial charge in [0.1, 0.15) is 11.6 Å². The minimum Gasteiger partial charge on any atom is -0.433 e. The molecule has 1 heterocycles. The molecule has 0 aliphatic carbocycles. The number of hydrogen-bond acceptors (Lipinski definition) is 3. The lowest BCUT2D eigenvalue weighted by atomic mass is 10.0. The van der Waals surface area contributed by atoms with E-state index in [9.17, 15) is 18.0 Å². The number of amides is 1. The van der Waals surface area contributed by atoms with Gasteiger partial charge in [0.2, 0.25) is 5.91 Å². The van der Waals surface area contributed by atoms with Crippen molar-refractivity contribution in [2.75, 3.05) is 23.3 Å². The number of alkyl halides is 2. The molecule has 0 bridgehead atoms. The molecule has 4 nitrogen and oxygen atoms in total. The second-order valence-electron chi connectivity index (χ2n) is 5.70. The van der Waals surface area contributed by atoms with Gasteiger partial charge in [-0.3, -0.25) is 4.79 Å². The van der Waals surface area contributed by atoms with E-state index < -0.39 is 12.5 Å². The number of carbonyl (C=O) groups is 1. The number of ether oxygens (including phenoxy) is 1. The Balaban J connectivity index is 1.73. The molecule has 1 aliphatic heterocycles. The first-order chi connectivity index (χ1) is 12.0. The lowest BCUT2D eigenvalue weighted by molar-refractivity contribution is -0.115. The summed E-state index contributed by atoms with van der Waals surface area (Å²) >= 11 is 0. The lowest BCUT2D eigenvalue weighted by Gasteiger charge is -2.31. The summed E-state index contributed by atoms with van der Waals surface area (Å²) < 4.78 is 43.4. The van der Waals surface area contributed by atoms with Crippen LogP contribution >= 0.6 is 0 Å². The van der Waals surface area contributed by atoms with Gasteiger partial charge in [-0.05, 0) is 36.6 Å². The number of benzene rings is 2. The molecule has 0 atom stereocenters. The maximum atomic E-state index is 14.1. The zero-order valence-corrected chi connectivity index (χ0v) is 13.3. The summed E-state index contributed by atoms with van der Waals surface area (Å²) in [6.45, 7) is -2.51. The molecule has 0 saturated heterocycles. The highest BCUT2D eigenvalue weighted by atomic mass is 19.3. The second kappa shape index (κ2) is 7.46. The number of hydrogen-bond donors (Lipinski definition) is 1. The average molecular weight is 350 g/mol. The van der Waals surface area contributed by atoms with E-state index in [1.54, 1.807) is 17.0 Å². The van der Waals surface area contributed by atoms with Crippen LogP contribution in [0.1, 0.15) is 12.0 Å². The highest BCUT2D eigenvalue weighted by Gasteiger charge is 2.22. The van der Waals surface area contributed by atoms with Gasteiger partial charge in [-0.1, -0.05) is 24.3 Å². The predicted molar refractivity (Wildman–Crippen MR) is 88.6 cm³/mol. The summed E-state index contributed by atoms with van der Waals surface area (Å²) in [6, 6.07) is 10.8. The van der Waals surface area contributed by atoms with Crippen LogP contribution in [0.3, 0.4) is 0 Å². The number of anilines is 2. The Morgan fingerprint density at radius 1 is 1.20 bits per heavy atom. The minimum absolute atomic E-state index is 0.0725. The van der Waals surface area contributed by atoms with Crippen LogP contribution in [0.5, 0.6) is 5.75 Å². The van der Waals surface area contributed by atoms with Gasteiger partial charge in [-0.25, -0.2) is 4.39 Å². The van der Waals surface area contributed by atoms with E-state index in [4.69, 9.17) is 0 Å². The number of aryl methyl sites for hydroxylation is 1. The van der Waals surface area contributed by atoms with Crippen LogP contribution in [0.25, 0.3) is 0 Å². The van der Waals surface area contributed by atoms with E-state index in [2.05, 4.69) is 10.1 Å². The van der Waals surface area contributed by atoms with E-state index in [1.165, 1.54) is 24.3 Å². The number of para-hydroxylation sites is 3. The van der Waals surface area contributed by atoms with Gasteiger partial charge in [0, 0.05) is 6.54 Å². The van der Waals surface area contributed by atoms with Crippen molar-refractivity contribution in [3.63, 3.8) is 0 Å². The molecule has 3 rings (SSSR count). The first-order valence-electron chi connectivity index (χ1n) is 7.90. The normalized spacial score (nSPS) is 13.5. The molecule has 0 fully saturated rings. The van der Waals surface area contributed by atoms with E-state index >= 15 is 0 Å². The molecule has 2 aromatic rings. The summed E-state index contributed by atoms with van der Waals surface area (Å²) in [5.74, 6) is -0.913. The van der Waals surface area contributed by atoms with Gasteiger partial charge >= 0.3 is 6.61 Å². The molecule has 1 N–H and O–H groups in total. The summed E-state index contributed by atoms with van der Waals surface area (Å²) in [7, 11) is 0. The number of nitrogens with one attached hydrogen (secondary N) is 1. The first kappa shape index (κ1) is 17.1. The Bertz CT molecular complexity index is 768. The molecule has 25 heavy (non-hydrogen) atoms. The summed E-state index contributed by atoms with van der Waals surface area (Å²) in [5, 5.41) is 2.55. The smallest absolute Gasteiger partial charge is 0.387 e. The Morgan fingerprint density at radius 3 is 2.80 bits per heavy atom. The van der Waals surface area contributed by atoms with Gasteiger partial charge in [-0.2, -0.15) is 8.78 Å². The monoisotopic (exact) mass is 350 g/mol. The zero-order valence-electron chi connectivity index (χ0n) is 13.3. The maximum Gasteiger partial charge on any atom is 0.387 e. The predicted octanol–water partition coefficient (Wildman–Crippen LogP) is 3.82. The van der Waals surface area contributed by atoms with Gasteiger partial charge in [0.05, 0.1) is 17.9 Å². The largest absolute Gasteiger partial charge is 0.433 e. The van der Waals surface area contributed by atoms with Gasteiger partial charge in [0.15, 0.2) is 0 Å². The quantitative estimate of drug-likeness (QED) is 0.891. The number of carbonyl (C=O) groups excluding carboxylic acids is 1. The van der Waals surface area contributed by atoms with Crippen LogP contribution in [-0.4, -0.2) is 25.6 Å². The fourth-order valence-electron chi connectivity index (χ4n) is 2.98. The highest BCUT2D eigenvalue weighted by molar-refractivity contribution is 5.95. The fourth-order valence-corrected chi connectivity index (χ4v) is 2.98. The van der Waals surface area contributed by atoms with Gasteiger partial charge < -0.3 is 15.0 Å². The van der Waals surface area contributed by atoms with Crippen molar-refractivity contribution < 1.29 is 22.7 Å². The van der Waals surface area contributed by atoms with Crippen LogP contribution in [0, 0.1) is 5.82 Å². The highest BCUT2D eigenvalue weighted by Crippen LogP contribution is 2.30. The van der Waals surface area contributed by atoms with Crippen LogP contribution in [0.2, 0.25) is 0 Å². The van der Waals surface area contributed by atoms with Crippen LogP contribution in [0.15, 0.2) is 42.5 Å². The van der Waals surface area contributed by atoms with Crippen LogP contribution < -0.4 is 15.0 Å². The topological polar surface area (TPSA) is 41.6 Å². The number of halogens is 3. The number of rotatable bonds is 5. The van der Waals surface area contributed by atoms with E-state index in [0.717, 1.165) is 18.4 Å². The number of fused-ring (bicyclic) bond motifs is 1. The second-order valence-corrected chi connectivity index (χ2v) is 5.70. The van der Waals surface area contributed by atoms with Crippen LogP contribution in [0.4, 0.5) is 24.5 Å².